The Morgan fingerprint density at radius 3 is 2.74 bits per heavy atom. The molecule has 2 aromatic heterocycles. The number of methoxy groups -OCH3 is 1. The van der Waals surface area contributed by atoms with Crippen molar-refractivity contribution in [3.8, 4) is 5.75 Å². The molecule has 0 aliphatic carbocycles. The number of oxazole rings is 1. The number of likely N-dealkylation sites (tertiary alicyclic amines) is 1. The first-order chi connectivity index (χ1) is 14.8. The normalized spacial score (nSPS) is 17.0. The van der Waals surface area contributed by atoms with E-state index < -0.39 is 0 Å². The van der Waals surface area contributed by atoms with Crippen molar-refractivity contribution >= 4 is 5.91 Å². The highest BCUT2D eigenvalue weighted by Gasteiger charge is 2.30. The topological polar surface area (TPSA) is 84.2 Å². The molecule has 0 unspecified atom stereocenters. The Balaban J connectivity index is 1.41. The number of H-pyrrole nitrogens is 1. The molecule has 0 saturated carbocycles. The maximum absolute atomic E-state index is 13.0. The van der Waals surface area contributed by atoms with Crippen LogP contribution in [-0.4, -0.2) is 46.2 Å². The van der Waals surface area contributed by atoms with Crippen molar-refractivity contribution in [2.75, 3.05) is 20.2 Å². The molecule has 1 aromatic carbocycles. The number of piperidine rings is 1. The molecule has 3 aromatic rings. The van der Waals surface area contributed by atoms with Crippen molar-refractivity contribution in [3.63, 3.8) is 0 Å². The number of aromatic nitrogens is 3. The fourth-order valence-electron chi connectivity index (χ4n) is 3.88. The van der Waals surface area contributed by atoms with Gasteiger partial charge in [-0.2, -0.15) is 5.10 Å². The van der Waals surface area contributed by atoms with Gasteiger partial charge in [0, 0.05) is 30.6 Å². The predicted octanol–water partition coefficient (Wildman–Crippen LogP) is 4.31. The summed E-state index contributed by atoms with van der Waals surface area (Å²) in [5, 5.41) is 7.26. The van der Waals surface area contributed by atoms with Crippen LogP contribution in [0.2, 0.25) is 0 Å². The summed E-state index contributed by atoms with van der Waals surface area (Å²) < 4.78 is 11.3. The molecule has 0 radical (unpaired) electrons. The van der Waals surface area contributed by atoms with E-state index >= 15 is 0 Å². The van der Waals surface area contributed by atoms with Crippen LogP contribution in [0.4, 0.5) is 0 Å². The Kier molecular flexibility index (Phi) is 5.85. The highest BCUT2D eigenvalue weighted by Crippen LogP contribution is 2.29. The average Bonchev–Trinajstić information content (AvgIpc) is 3.44. The number of rotatable bonds is 5. The van der Waals surface area contributed by atoms with E-state index in [0.717, 1.165) is 42.2 Å². The first kappa shape index (κ1) is 21.2. The van der Waals surface area contributed by atoms with Gasteiger partial charge in [-0.25, -0.2) is 4.98 Å². The quantitative estimate of drug-likeness (QED) is 0.662. The lowest BCUT2D eigenvalue weighted by atomic mass is 9.92. The number of amides is 1. The van der Waals surface area contributed by atoms with Crippen LogP contribution < -0.4 is 4.74 Å². The van der Waals surface area contributed by atoms with Gasteiger partial charge < -0.3 is 14.1 Å². The third kappa shape index (κ3) is 4.81. The fraction of sp³-hybridized carbons (Fsp3) is 0.458. The van der Waals surface area contributed by atoms with Gasteiger partial charge in [0.05, 0.1) is 19.2 Å². The van der Waals surface area contributed by atoms with E-state index in [0.29, 0.717) is 24.6 Å². The van der Waals surface area contributed by atoms with Crippen molar-refractivity contribution < 1.29 is 13.9 Å². The number of carbonyl (C=O) groups is 1. The van der Waals surface area contributed by atoms with Gasteiger partial charge in [-0.15, -0.1) is 0 Å². The molecule has 7 heteroatoms. The van der Waals surface area contributed by atoms with E-state index in [2.05, 4.69) is 36.0 Å². The minimum atomic E-state index is -0.0751. The van der Waals surface area contributed by atoms with Crippen LogP contribution >= 0.6 is 0 Å². The molecule has 164 valence electrons. The molecular weight excluding hydrogens is 392 g/mol. The Bertz CT molecular complexity index is 1030. The molecule has 1 amide bonds. The number of aromatic amines is 1. The molecule has 31 heavy (non-hydrogen) atoms. The van der Waals surface area contributed by atoms with Gasteiger partial charge in [0.25, 0.3) is 5.91 Å². The van der Waals surface area contributed by atoms with E-state index in [1.807, 2.05) is 35.2 Å². The summed E-state index contributed by atoms with van der Waals surface area (Å²) in [4.78, 5) is 19.4. The van der Waals surface area contributed by atoms with Gasteiger partial charge in [-0.3, -0.25) is 9.89 Å². The Labute approximate surface area is 182 Å². The number of hydrogen-bond acceptors (Lipinski definition) is 5. The molecule has 1 saturated heterocycles. The van der Waals surface area contributed by atoms with Gasteiger partial charge in [0.15, 0.2) is 5.89 Å². The smallest absolute Gasteiger partial charge is 0.274 e. The molecule has 1 atom stereocenters. The summed E-state index contributed by atoms with van der Waals surface area (Å²) >= 11 is 0. The first-order valence-corrected chi connectivity index (χ1v) is 10.8. The highest BCUT2D eigenvalue weighted by atomic mass is 16.5. The molecule has 1 aliphatic heterocycles. The Morgan fingerprint density at radius 2 is 2.06 bits per heavy atom. The van der Waals surface area contributed by atoms with Crippen LogP contribution in [0, 0.1) is 0 Å². The molecule has 1 aliphatic rings. The molecule has 3 heterocycles. The van der Waals surface area contributed by atoms with Crippen molar-refractivity contribution in [3.05, 3.63) is 65.1 Å². The number of benzene rings is 1. The van der Waals surface area contributed by atoms with Gasteiger partial charge in [-0.1, -0.05) is 32.9 Å². The second kappa shape index (κ2) is 8.57. The van der Waals surface area contributed by atoms with Crippen LogP contribution in [0.25, 0.3) is 0 Å². The SMILES string of the molecule is COc1ccc(Cc2cnc([C@@H]3CCCN(C(=O)c4cc(C(C)(C)C)[nH]n4)C3)o2)cc1. The number of nitrogens with one attached hydrogen (secondary N) is 1. The van der Waals surface area contributed by atoms with Crippen molar-refractivity contribution in [2.24, 2.45) is 0 Å². The average molecular weight is 423 g/mol. The van der Waals surface area contributed by atoms with E-state index in [1.54, 1.807) is 13.3 Å². The number of hydrogen-bond donors (Lipinski definition) is 1. The Hall–Kier alpha value is -3.09. The summed E-state index contributed by atoms with van der Waals surface area (Å²) in [6, 6.07) is 9.80. The standard InChI is InChI=1S/C24H30N4O3/c1-24(2,3)21-13-20(26-27-21)23(29)28-11-5-6-17(15-28)22-25-14-19(31-22)12-16-7-9-18(30-4)10-8-16/h7-10,13-14,17H,5-6,11-12,15H2,1-4H3,(H,26,27)/t17-/m1/s1. The van der Waals surface area contributed by atoms with E-state index in [1.165, 1.54) is 0 Å². The van der Waals surface area contributed by atoms with E-state index in [9.17, 15) is 4.79 Å². The van der Waals surface area contributed by atoms with Crippen molar-refractivity contribution in [2.45, 2.75) is 51.4 Å². The molecule has 1 N–H and O–H groups in total. The predicted molar refractivity (Wildman–Crippen MR) is 117 cm³/mol. The zero-order valence-corrected chi connectivity index (χ0v) is 18.6. The number of nitrogens with zero attached hydrogens (tertiary/aromatic N) is 3. The van der Waals surface area contributed by atoms with Crippen LogP contribution in [0.1, 0.15) is 72.9 Å². The van der Waals surface area contributed by atoms with Crippen molar-refractivity contribution in [1.29, 1.82) is 0 Å². The Morgan fingerprint density at radius 1 is 1.29 bits per heavy atom. The fourth-order valence-corrected chi connectivity index (χ4v) is 3.88. The van der Waals surface area contributed by atoms with E-state index in [4.69, 9.17) is 9.15 Å². The molecule has 0 spiro atoms. The van der Waals surface area contributed by atoms with Crippen molar-refractivity contribution in [1.82, 2.24) is 20.1 Å². The number of ether oxygens (including phenoxy) is 1. The zero-order chi connectivity index (χ0) is 22.0. The van der Waals surface area contributed by atoms with Gasteiger partial charge in [0.1, 0.15) is 17.2 Å². The second-order valence-corrected chi connectivity index (χ2v) is 9.20. The van der Waals surface area contributed by atoms with Gasteiger partial charge in [-0.05, 0) is 36.6 Å². The summed E-state index contributed by atoms with van der Waals surface area (Å²) in [6.45, 7) is 7.61. The third-order valence-corrected chi connectivity index (χ3v) is 5.77. The van der Waals surface area contributed by atoms with Crippen LogP contribution in [0.15, 0.2) is 40.9 Å². The van der Waals surface area contributed by atoms with Gasteiger partial charge in [0.2, 0.25) is 0 Å². The first-order valence-electron chi connectivity index (χ1n) is 10.8. The van der Waals surface area contributed by atoms with Crippen LogP contribution in [0.3, 0.4) is 0 Å². The summed E-state index contributed by atoms with van der Waals surface area (Å²) in [6.07, 6.45) is 4.35. The lowest BCUT2D eigenvalue weighted by Crippen LogP contribution is -2.39. The maximum atomic E-state index is 13.0. The van der Waals surface area contributed by atoms with E-state index in [-0.39, 0.29) is 17.2 Å². The summed E-state index contributed by atoms with van der Waals surface area (Å²) in [5.74, 6) is 2.43. The van der Waals surface area contributed by atoms with Crippen LogP contribution in [0.5, 0.6) is 5.75 Å². The summed E-state index contributed by atoms with van der Waals surface area (Å²) in [7, 11) is 1.66. The molecule has 7 nitrogen and oxygen atoms in total. The zero-order valence-electron chi connectivity index (χ0n) is 18.6. The largest absolute Gasteiger partial charge is 0.497 e. The maximum Gasteiger partial charge on any atom is 0.274 e. The monoisotopic (exact) mass is 422 g/mol. The molecule has 4 rings (SSSR count). The van der Waals surface area contributed by atoms with Gasteiger partial charge >= 0.3 is 0 Å². The number of carbonyl (C=O) groups excluding carboxylic acids is 1. The highest BCUT2D eigenvalue weighted by molar-refractivity contribution is 5.92. The third-order valence-electron chi connectivity index (χ3n) is 5.77. The minimum Gasteiger partial charge on any atom is -0.497 e. The lowest BCUT2D eigenvalue weighted by molar-refractivity contribution is 0.0692. The molecule has 1 fully saturated rings. The van der Waals surface area contributed by atoms with Crippen LogP contribution in [-0.2, 0) is 11.8 Å². The second-order valence-electron chi connectivity index (χ2n) is 9.20. The lowest BCUT2D eigenvalue weighted by Gasteiger charge is -2.30. The molecular formula is C24H30N4O3. The molecule has 0 bridgehead atoms. The summed E-state index contributed by atoms with van der Waals surface area (Å²) in [5.41, 5.74) is 2.49. The minimum absolute atomic E-state index is 0.0403.